The Hall–Kier alpha value is -1.09. The Morgan fingerprint density at radius 3 is 2.79 bits per heavy atom. The monoisotopic (exact) mass is 209 g/mol. The minimum atomic E-state index is 0.452. The number of nitrogens with zero attached hydrogens (tertiary/aromatic N) is 2. The summed E-state index contributed by atoms with van der Waals surface area (Å²) in [6, 6.07) is 3.55. The van der Waals surface area contributed by atoms with Gasteiger partial charge >= 0.3 is 0 Å². The van der Waals surface area contributed by atoms with Gasteiger partial charge in [0.1, 0.15) is 11.5 Å². The van der Waals surface area contributed by atoms with Gasteiger partial charge in [0.15, 0.2) is 0 Å². The van der Waals surface area contributed by atoms with Crippen molar-refractivity contribution >= 4 is 17.4 Å². The molecule has 14 heavy (non-hydrogen) atoms. The standard InChI is InChI=1S/C10H12ClN3/c11-8-4-3-5-13-9(8)10(12)14-6-1-2-7-14/h3-5,12H,1-2,6-7H2. The first-order valence-electron chi connectivity index (χ1n) is 4.73. The molecular weight excluding hydrogens is 198 g/mol. The third kappa shape index (κ3) is 1.73. The van der Waals surface area contributed by atoms with Gasteiger partial charge in [-0.1, -0.05) is 11.6 Å². The number of rotatable bonds is 1. The molecule has 0 unspecified atom stereocenters. The number of likely N-dealkylation sites (tertiary alicyclic amines) is 1. The summed E-state index contributed by atoms with van der Waals surface area (Å²) in [7, 11) is 0. The van der Waals surface area contributed by atoms with Gasteiger partial charge in [-0.05, 0) is 25.0 Å². The van der Waals surface area contributed by atoms with Crippen LogP contribution >= 0.6 is 11.6 Å². The minimum absolute atomic E-state index is 0.452. The summed E-state index contributed by atoms with van der Waals surface area (Å²) in [6.45, 7) is 1.90. The largest absolute Gasteiger partial charge is 0.355 e. The summed E-state index contributed by atoms with van der Waals surface area (Å²) >= 11 is 5.97. The summed E-state index contributed by atoms with van der Waals surface area (Å²) in [6.07, 6.45) is 3.99. The smallest absolute Gasteiger partial charge is 0.148 e. The Balaban J connectivity index is 2.22. The molecule has 0 aromatic carbocycles. The molecule has 4 heteroatoms. The van der Waals surface area contributed by atoms with Crippen molar-refractivity contribution in [3.8, 4) is 0 Å². The molecule has 0 radical (unpaired) electrons. The van der Waals surface area contributed by atoms with Crippen LogP contribution in [0.25, 0.3) is 0 Å². The van der Waals surface area contributed by atoms with Gasteiger partial charge in [-0.3, -0.25) is 10.4 Å². The van der Waals surface area contributed by atoms with E-state index in [1.54, 1.807) is 18.3 Å². The zero-order valence-electron chi connectivity index (χ0n) is 7.83. The summed E-state index contributed by atoms with van der Waals surface area (Å²) in [5.41, 5.74) is 0.594. The number of hydrogen-bond acceptors (Lipinski definition) is 2. The lowest BCUT2D eigenvalue weighted by atomic mass is 10.3. The van der Waals surface area contributed by atoms with Gasteiger partial charge in [0.25, 0.3) is 0 Å². The van der Waals surface area contributed by atoms with E-state index in [-0.39, 0.29) is 0 Å². The number of hydrogen-bond donors (Lipinski definition) is 1. The predicted molar refractivity (Wildman–Crippen MR) is 56.9 cm³/mol. The van der Waals surface area contributed by atoms with Gasteiger partial charge in [0.2, 0.25) is 0 Å². The average molecular weight is 210 g/mol. The van der Waals surface area contributed by atoms with Gasteiger partial charge in [-0.25, -0.2) is 0 Å². The predicted octanol–water partition coefficient (Wildman–Crippen LogP) is 2.16. The Morgan fingerprint density at radius 1 is 1.43 bits per heavy atom. The van der Waals surface area contributed by atoms with E-state index in [9.17, 15) is 0 Å². The zero-order valence-corrected chi connectivity index (χ0v) is 8.59. The zero-order chi connectivity index (χ0) is 9.97. The van der Waals surface area contributed by atoms with Crippen molar-refractivity contribution in [2.75, 3.05) is 13.1 Å². The second kappa shape index (κ2) is 3.96. The molecule has 2 heterocycles. The van der Waals surface area contributed by atoms with Crippen LogP contribution in [0.2, 0.25) is 5.02 Å². The van der Waals surface area contributed by atoms with E-state index in [4.69, 9.17) is 17.0 Å². The van der Waals surface area contributed by atoms with Gasteiger partial charge in [-0.15, -0.1) is 0 Å². The molecule has 0 aliphatic carbocycles. The van der Waals surface area contributed by atoms with Gasteiger partial charge in [0, 0.05) is 19.3 Å². The lowest BCUT2D eigenvalue weighted by molar-refractivity contribution is 0.515. The first-order valence-corrected chi connectivity index (χ1v) is 5.11. The molecule has 1 saturated heterocycles. The van der Waals surface area contributed by atoms with Crippen LogP contribution in [-0.4, -0.2) is 28.8 Å². The molecule has 0 saturated carbocycles. The van der Waals surface area contributed by atoms with Gasteiger partial charge < -0.3 is 4.90 Å². The summed E-state index contributed by atoms with van der Waals surface area (Å²) < 4.78 is 0. The quantitative estimate of drug-likeness (QED) is 0.569. The van der Waals surface area contributed by atoms with Crippen molar-refractivity contribution in [1.82, 2.24) is 9.88 Å². The van der Waals surface area contributed by atoms with Crippen molar-refractivity contribution in [3.63, 3.8) is 0 Å². The van der Waals surface area contributed by atoms with E-state index in [2.05, 4.69) is 4.98 Å². The number of pyridine rings is 1. The Kier molecular flexibility index (Phi) is 2.68. The van der Waals surface area contributed by atoms with E-state index in [1.807, 2.05) is 4.90 Å². The number of nitrogens with one attached hydrogen (secondary N) is 1. The van der Waals surface area contributed by atoms with Crippen LogP contribution in [0.4, 0.5) is 0 Å². The number of halogens is 1. The molecule has 1 aromatic heterocycles. The normalized spacial score (nSPS) is 15.9. The lowest BCUT2D eigenvalue weighted by Crippen LogP contribution is -2.28. The molecule has 0 bridgehead atoms. The molecule has 2 rings (SSSR count). The highest BCUT2D eigenvalue weighted by Crippen LogP contribution is 2.17. The minimum Gasteiger partial charge on any atom is -0.355 e. The molecule has 1 aliphatic rings. The average Bonchev–Trinajstić information content (AvgIpc) is 2.70. The van der Waals surface area contributed by atoms with Gasteiger partial charge in [0.05, 0.1) is 5.02 Å². The van der Waals surface area contributed by atoms with Crippen molar-refractivity contribution in [1.29, 1.82) is 5.41 Å². The Bertz CT molecular complexity index is 345. The molecule has 1 fully saturated rings. The third-order valence-corrected chi connectivity index (χ3v) is 2.71. The molecule has 74 valence electrons. The van der Waals surface area contributed by atoms with Crippen LogP contribution in [0.15, 0.2) is 18.3 Å². The molecule has 1 N–H and O–H groups in total. The number of amidine groups is 1. The maximum absolute atomic E-state index is 7.95. The first kappa shape index (κ1) is 9.46. The highest BCUT2D eigenvalue weighted by atomic mass is 35.5. The summed E-state index contributed by atoms with van der Waals surface area (Å²) in [5.74, 6) is 0.452. The molecule has 0 spiro atoms. The molecule has 0 atom stereocenters. The maximum atomic E-state index is 7.95. The van der Waals surface area contributed by atoms with E-state index in [0.29, 0.717) is 16.6 Å². The third-order valence-electron chi connectivity index (χ3n) is 2.41. The van der Waals surface area contributed by atoms with Crippen LogP contribution in [0.5, 0.6) is 0 Å². The van der Waals surface area contributed by atoms with Crippen LogP contribution in [0.3, 0.4) is 0 Å². The fourth-order valence-electron chi connectivity index (χ4n) is 1.65. The van der Waals surface area contributed by atoms with Crippen molar-refractivity contribution in [2.24, 2.45) is 0 Å². The number of aromatic nitrogens is 1. The fraction of sp³-hybridized carbons (Fsp3) is 0.400. The van der Waals surface area contributed by atoms with E-state index in [0.717, 1.165) is 25.9 Å². The topological polar surface area (TPSA) is 40.0 Å². The van der Waals surface area contributed by atoms with E-state index < -0.39 is 0 Å². The first-order chi connectivity index (χ1) is 6.79. The summed E-state index contributed by atoms with van der Waals surface area (Å²) in [4.78, 5) is 6.15. The second-order valence-corrected chi connectivity index (χ2v) is 3.78. The van der Waals surface area contributed by atoms with Crippen molar-refractivity contribution in [2.45, 2.75) is 12.8 Å². The Labute approximate surface area is 88.2 Å². The SMILES string of the molecule is N=C(c1ncccc1Cl)N1CCCC1. The molecule has 0 amide bonds. The highest BCUT2D eigenvalue weighted by molar-refractivity contribution is 6.33. The molecule has 3 nitrogen and oxygen atoms in total. The lowest BCUT2D eigenvalue weighted by Gasteiger charge is -2.18. The molecular formula is C10H12ClN3. The second-order valence-electron chi connectivity index (χ2n) is 3.38. The van der Waals surface area contributed by atoms with Crippen molar-refractivity contribution < 1.29 is 0 Å². The maximum Gasteiger partial charge on any atom is 0.148 e. The van der Waals surface area contributed by atoms with E-state index in [1.165, 1.54) is 0 Å². The van der Waals surface area contributed by atoms with Crippen LogP contribution in [0, 0.1) is 5.41 Å². The van der Waals surface area contributed by atoms with Crippen molar-refractivity contribution in [3.05, 3.63) is 29.0 Å². The molecule has 1 aliphatic heterocycles. The van der Waals surface area contributed by atoms with Crippen LogP contribution in [0.1, 0.15) is 18.5 Å². The van der Waals surface area contributed by atoms with E-state index >= 15 is 0 Å². The van der Waals surface area contributed by atoms with Crippen LogP contribution in [-0.2, 0) is 0 Å². The molecule has 1 aromatic rings. The van der Waals surface area contributed by atoms with Gasteiger partial charge in [-0.2, -0.15) is 0 Å². The fourth-order valence-corrected chi connectivity index (χ4v) is 1.86. The summed E-state index contributed by atoms with van der Waals surface area (Å²) in [5, 5.41) is 8.51. The van der Waals surface area contributed by atoms with Crippen LogP contribution < -0.4 is 0 Å². The Morgan fingerprint density at radius 2 is 2.14 bits per heavy atom. The highest BCUT2D eigenvalue weighted by Gasteiger charge is 2.18.